The lowest BCUT2D eigenvalue weighted by atomic mass is 9.85. The first-order valence-electron chi connectivity index (χ1n) is 8.55. The Kier molecular flexibility index (Phi) is 7.04. The normalized spacial score (nSPS) is 22.5. The van der Waals surface area contributed by atoms with E-state index in [9.17, 15) is 9.59 Å². The number of ether oxygens (including phenoxy) is 2. The summed E-state index contributed by atoms with van der Waals surface area (Å²) in [6.07, 6.45) is 12.2. The van der Waals surface area contributed by atoms with Gasteiger partial charge in [-0.25, -0.2) is 0 Å². The highest BCUT2D eigenvalue weighted by atomic mass is 16.6. The summed E-state index contributed by atoms with van der Waals surface area (Å²) in [5.41, 5.74) is 0. The van der Waals surface area contributed by atoms with Crippen LogP contribution in [0.2, 0.25) is 0 Å². The molecule has 0 bridgehead atoms. The zero-order valence-electron chi connectivity index (χ0n) is 12.9. The molecule has 2 aliphatic rings. The Balaban J connectivity index is 1.81. The molecule has 1 unspecified atom stereocenters. The third-order valence-corrected chi connectivity index (χ3v) is 4.89. The number of rotatable bonds is 7. The molecule has 0 amide bonds. The molecular formula is C17H28O4. The molecule has 0 aromatic carbocycles. The topological polar surface area (TPSA) is 52.6 Å². The lowest BCUT2D eigenvalue weighted by Gasteiger charge is -2.28. The number of esters is 1. The first kappa shape index (κ1) is 16.3. The third-order valence-electron chi connectivity index (χ3n) is 4.89. The molecule has 0 N–H and O–H groups in total. The van der Waals surface area contributed by atoms with Crippen molar-refractivity contribution in [3.8, 4) is 0 Å². The smallest absolute Gasteiger partial charge is 0.309 e. The molecular weight excluding hydrogens is 268 g/mol. The average Bonchev–Trinajstić information content (AvgIpc) is 2.54. The SMILES string of the molecule is O=COCC(CC1CCCCC1)OC(=O)C1CCCCC1. The molecule has 0 saturated heterocycles. The Bertz CT molecular complexity index is 317. The van der Waals surface area contributed by atoms with E-state index in [0.29, 0.717) is 12.4 Å². The van der Waals surface area contributed by atoms with Gasteiger partial charge >= 0.3 is 5.97 Å². The second kappa shape index (κ2) is 9.06. The van der Waals surface area contributed by atoms with E-state index in [1.54, 1.807) is 0 Å². The van der Waals surface area contributed by atoms with Gasteiger partial charge in [-0.15, -0.1) is 0 Å². The molecule has 0 aromatic rings. The van der Waals surface area contributed by atoms with Crippen molar-refractivity contribution in [2.45, 2.75) is 76.7 Å². The summed E-state index contributed by atoms with van der Waals surface area (Å²) in [4.78, 5) is 22.7. The number of carbonyl (C=O) groups excluding carboxylic acids is 2. The minimum atomic E-state index is -0.257. The van der Waals surface area contributed by atoms with Gasteiger partial charge in [0.1, 0.15) is 12.7 Å². The molecule has 2 fully saturated rings. The van der Waals surface area contributed by atoms with Gasteiger partial charge in [0, 0.05) is 0 Å². The molecule has 0 radical (unpaired) electrons. The molecule has 21 heavy (non-hydrogen) atoms. The van der Waals surface area contributed by atoms with E-state index in [0.717, 1.165) is 32.1 Å². The standard InChI is InChI=1S/C17H28O4/c18-13-20-12-16(11-14-7-3-1-4-8-14)21-17(19)15-9-5-2-6-10-15/h13-16H,1-12H2. The van der Waals surface area contributed by atoms with Crippen LogP contribution in [0, 0.1) is 11.8 Å². The number of carbonyl (C=O) groups is 2. The van der Waals surface area contributed by atoms with Crippen LogP contribution in [0.15, 0.2) is 0 Å². The number of hydrogen-bond acceptors (Lipinski definition) is 4. The largest absolute Gasteiger partial charge is 0.464 e. The van der Waals surface area contributed by atoms with Crippen molar-refractivity contribution in [1.82, 2.24) is 0 Å². The minimum Gasteiger partial charge on any atom is -0.464 e. The summed E-state index contributed by atoms with van der Waals surface area (Å²) in [5, 5.41) is 0. The lowest BCUT2D eigenvalue weighted by Crippen LogP contribution is -2.31. The maximum absolute atomic E-state index is 12.2. The second-order valence-electron chi connectivity index (χ2n) is 6.56. The van der Waals surface area contributed by atoms with Gasteiger partial charge in [-0.05, 0) is 25.2 Å². The van der Waals surface area contributed by atoms with E-state index in [1.807, 2.05) is 0 Å². The molecule has 0 aliphatic heterocycles. The average molecular weight is 296 g/mol. The van der Waals surface area contributed by atoms with Gasteiger partial charge in [0.15, 0.2) is 0 Å². The molecule has 2 saturated carbocycles. The zero-order valence-corrected chi connectivity index (χ0v) is 12.9. The van der Waals surface area contributed by atoms with E-state index in [2.05, 4.69) is 0 Å². The van der Waals surface area contributed by atoms with Crippen molar-refractivity contribution in [2.24, 2.45) is 11.8 Å². The summed E-state index contributed by atoms with van der Waals surface area (Å²) < 4.78 is 10.5. The van der Waals surface area contributed by atoms with Crippen LogP contribution in [-0.2, 0) is 19.1 Å². The minimum absolute atomic E-state index is 0.0591. The summed E-state index contributed by atoms with van der Waals surface area (Å²) in [6.45, 7) is 0.654. The van der Waals surface area contributed by atoms with E-state index in [4.69, 9.17) is 9.47 Å². The van der Waals surface area contributed by atoms with Gasteiger partial charge < -0.3 is 9.47 Å². The van der Waals surface area contributed by atoms with Crippen LogP contribution in [0.5, 0.6) is 0 Å². The maximum atomic E-state index is 12.2. The third kappa shape index (κ3) is 5.68. The second-order valence-corrected chi connectivity index (χ2v) is 6.56. The Morgan fingerprint density at radius 2 is 1.62 bits per heavy atom. The highest BCUT2D eigenvalue weighted by Crippen LogP contribution is 2.29. The van der Waals surface area contributed by atoms with Crippen LogP contribution in [0.4, 0.5) is 0 Å². The van der Waals surface area contributed by atoms with Crippen LogP contribution in [0.1, 0.15) is 70.6 Å². The zero-order chi connectivity index (χ0) is 14.9. The maximum Gasteiger partial charge on any atom is 0.309 e. The highest BCUT2D eigenvalue weighted by Gasteiger charge is 2.27. The van der Waals surface area contributed by atoms with Crippen molar-refractivity contribution in [3.63, 3.8) is 0 Å². The fourth-order valence-electron chi connectivity index (χ4n) is 3.69. The van der Waals surface area contributed by atoms with Crippen molar-refractivity contribution >= 4 is 12.4 Å². The van der Waals surface area contributed by atoms with Gasteiger partial charge in [0.2, 0.25) is 0 Å². The fraction of sp³-hybridized carbons (Fsp3) is 0.882. The Labute approximate surface area is 127 Å². The fourth-order valence-corrected chi connectivity index (χ4v) is 3.69. The number of hydrogen-bond donors (Lipinski definition) is 0. The molecule has 2 aliphatic carbocycles. The van der Waals surface area contributed by atoms with Crippen molar-refractivity contribution in [2.75, 3.05) is 6.61 Å². The van der Waals surface area contributed by atoms with E-state index in [-0.39, 0.29) is 24.6 Å². The predicted octanol–water partition coefficient (Wildman–Crippen LogP) is 3.62. The molecule has 0 spiro atoms. The van der Waals surface area contributed by atoms with Crippen LogP contribution in [-0.4, -0.2) is 25.2 Å². The van der Waals surface area contributed by atoms with E-state index >= 15 is 0 Å². The van der Waals surface area contributed by atoms with E-state index in [1.165, 1.54) is 38.5 Å². The summed E-state index contributed by atoms with van der Waals surface area (Å²) in [6, 6.07) is 0. The first-order chi connectivity index (χ1) is 10.3. The van der Waals surface area contributed by atoms with Gasteiger partial charge in [0.25, 0.3) is 6.47 Å². The van der Waals surface area contributed by atoms with Crippen LogP contribution < -0.4 is 0 Å². The van der Waals surface area contributed by atoms with Crippen molar-refractivity contribution in [1.29, 1.82) is 0 Å². The summed E-state index contributed by atoms with van der Waals surface area (Å²) >= 11 is 0. The molecule has 4 heteroatoms. The molecule has 0 heterocycles. The van der Waals surface area contributed by atoms with Crippen molar-refractivity contribution < 1.29 is 19.1 Å². The first-order valence-corrected chi connectivity index (χ1v) is 8.55. The Morgan fingerprint density at radius 1 is 1.00 bits per heavy atom. The quantitative estimate of drug-likeness (QED) is 0.532. The predicted molar refractivity (Wildman–Crippen MR) is 79.7 cm³/mol. The van der Waals surface area contributed by atoms with Gasteiger partial charge in [-0.2, -0.15) is 0 Å². The van der Waals surface area contributed by atoms with Crippen LogP contribution >= 0.6 is 0 Å². The molecule has 4 nitrogen and oxygen atoms in total. The lowest BCUT2D eigenvalue weighted by molar-refractivity contribution is -0.161. The highest BCUT2D eigenvalue weighted by molar-refractivity contribution is 5.72. The molecule has 1 atom stereocenters. The Morgan fingerprint density at radius 3 is 2.24 bits per heavy atom. The Hall–Kier alpha value is -1.06. The monoisotopic (exact) mass is 296 g/mol. The molecule has 0 aromatic heterocycles. The van der Waals surface area contributed by atoms with E-state index < -0.39 is 0 Å². The van der Waals surface area contributed by atoms with Gasteiger partial charge in [-0.3, -0.25) is 9.59 Å². The molecule has 120 valence electrons. The molecule has 2 rings (SSSR count). The van der Waals surface area contributed by atoms with Gasteiger partial charge in [0.05, 0.1) is 5.92 Å². The van der Waals surface area contributed by atoms with Crippen LogP contribution in [0.3, 0.4) is 0 Å². The summed E-state index contributed by atoms with van der Waals surface area (Å²) in [7, 11) is 0. The van der Waals surface area contributed by atoms with Crippen LogP contribution in [0.25, 0.3) is 0 Å². The summed E-state index contributed by atoms with van der Waals surface area (Å²) in [5.74, 6) is 0.590. The van der Waals surface area contributed by atoms with Gasteiger partial charge in [-0.1, -0.05) is 51.4 Å². The van der Waals surface area contributed by atoms with Crippen molar-refractivity contribution in [3.05, 3.63) is 0 Å².